The molecule has 0 unspecified atom stereocenters. The molecule has 0 amide bonds. The van der Waals surface area contributed by atoms with Crippen molar-refractivity contribution in [3.63, 3.8) is 0 Å². The molecular weight excluding hydrogens is 267 g/mol. The van der Waals surface area contributed by atoms with E-state index in [2.05, 4.69) is 15.9 Å². The second-order valence-electron chi connectivity index (χ2n) is 2.88. The molecule has 1 rings (SSSR count). The minimum absolute atomic E-state index is 0.0348. The molecule has 0 saturated carbocycles. The van der Waals surface area contributed by atoms with Crippen LogP contribution in [0.2, 0.25) is 5.02 Å². The van der Waals surface area contributed by atoms with Gasteiger partial charge in [-0.15, -0.1) is 0 Å². The number of alkyl halides is 1. The fourth-order valence-electron chi connectivity index (χ4n) is 1.22. The SMILES string of the molecule is COc1c(Cl)cc(C)cc1C(=O)CBr. The maximum atomic E-state index is 11.5. The van der Waals surface area contributed by atoms with Crippen molar-refractivity contribution in [2.24, 2.45) is 0 Å². The topological polar surface area (TPSA) is 26.3 Å². The highest BCUT2D eigenvalue weighted by molar-refractivity contribution is 9.09. The Morgan fingerprint density at radius 2 is 2.21 bits per heavy atom. The predicted octanol–water partition coefficient (Wildman–Crippen LogP) is 3.23. The van der Waals surface area contributed by atoms with Crippen molar-refractivity contribution in [3.05, 3.63) is 28.3 Å². The van der Waals surface area contributed by atoms with E-state index >= 15 is 0 Å². The molecule has 0 fully saturated rings. The van der Waals surface area contributed by atoms with E-state index in [9.17, 15) is 4.79 Å². The summed E-state index contributed by atoms with van der Waals surface area (Å²) in [5, 5.41) is 0.736. The van der Waals surface area contributed by atoms with Crippen LogP contribution < -0.4 is 4.74 Å². The van der Waals surface area contributed by atoms with Crippen LogP contribution in [0, 0.1) is 6.92 Å². The summed E-state index contributed by atoms with van der Waals surface area (Å²) < 4.78 is 5.08. The number of ketones is 1. The third-order valence-corrected chi connectivity index (χ3v) is 2.60. The van der Waals surface area contributed by atoms with Crippen LogP contribution in [0.4, 0.5) is 0 Å². The number of methoxy groups -OCH3 is 1. The van der Waals surface area contributed by atoms with E-state index in [1.807, 2.05) is 6.92 Å². The number of rotatable bonds is 3. The predicted molar refractivity (Wildman–Crippen MR) is 60.9 cm³/mol. The van der Waals surface area contributed by atoms with Crippen LogP contribution in [0.1, 0.15) is 15.9 Å². The van der Waals surface area contributed by atoms with E-state index in [0.29, 0.717) is 16.3 Å². The Morgan fingerprint density at radius 3 is 2.71 bits per heavy atom. The van der Waals surface area contributed by atoms with Crippen molar-refractivity contribution in [1.29, 1.82) is 0 Å². The third kappa shape index (κ3) is 2.28. The van der Waals surface area contributed by atoms with E-state index in [0.717, 1.165) is 5.56 Å². The summed E-state index contributed by atoms with van der Waals surface area (Å²) in [5.41, 5.74) is 1.47. The molecule has 0 aliphatic rings. The first-order valence-corrected chi connectivity index (χ1v) is 5.53. The summed E-state index contributed by atoms with van der Waals surface area (Å²) in [4.78, 5) is 11.5. The quantitative estimate of drug-likeness (QED) is 0.626. The van der Waals surface area contributed by atoms with Gasteiger partial charge >= 0.3 is 0 Å². The molecule has 0 radical (unpaired) electrons. The molecule has 0 saturated heterocycles. The van der Waals surface area contributed by atoms with Crippen LogP contribution in [-0.4, -0.2) is 18.2 Å². The van der Waals surface area contributed by atoms with Gasteiger partial charge in [0.2, 0.25) is 0 Å². The smallest absolute Gasteiger partial charge is 0.177 e. The third-order valence-electron chi connectivity index (χ3n) is 1.81. The lowest BCUT2D eigenvalue weighted by Gasteiger charge is -2.09. The molecule has 0 heterocycles. The van der Waals surface area contributed by atoms with E-state index in [1.165, 1.54) is 7.11 Å². The second kappa shape index (κ2) is 4.80. The van der Waals surface area contributed by atoms with Crippen molar-refractivity contribution >= 4 is 33.3 Å². The van der Waals surface area contributed by atoms with E-state index in [-0.39, 0.29) is 11.1 Å². The Morgan fingerprint density at radius 1 is 1.57 bits per heavy atom. The lowest BCUT2D eigenvalue weighted by molar-refractivity contribution is 0.102. The highest BCUT2D eigenvalue weighted by Crippen LogP contribution is 2.30. The number of hydrogen-bond donors (Lipinski definition) is 0. The molecule has 14 heavy (non-hydrogen) atoms. The van der Waals surface area contributed by atoms with E-state index < -0.39 is 0 Å². The molecule has 0 bridgehead atoms. The zero-order valence-electron chi connectivity index (χ0n) is 7.93. The molecule has 4 heteroatoms. The molecule has 0 aromatic heterocycles. The Labute approximate surface area is 96.3 Å². The van der Waals surface area contributed by atoms with Crippen LogP contribution in [0.3, 0.4) is 0 Å². The Bertz CT molecular complexity index is 363. The van der Waals surface area contributed by atoms with Crippen molar-refractivity contribution in [2.45, 2.75) is 6.92 Å². The van der Waals surface area contributed by atoms with Crippen molar-refractivity contribution in [2.75, 3.05) is 12.4 Å². The molecule has 2 nitrogen and oxygen atoms in total. The van der Waals surface area contributed by atoms with Crippen LogP contribution in [0.25, 0.3) is 0 Å². The normalized spacial score (nSPS) is 10.0. The molecule has 0 N–H and O–H groups in total. The molecule has 0 atom stereocenters. The van der Waals surface area contributed by atoms with Crippen molar-refractivity contribution in [3.8, 4) is 5.75 Å². The summed E-state index contributed by atoms with van der Waals surface area (Å²) in [7, 11) is 1.50. The van der Waals surface area contributed by atoms with Crippen LogP contribution >= 0.6 is 27.5 Å². The molecule has 1 aromatic carbocycles. The number of carbonyl (C=O) groups is 1. The summed E-state index contributed by atoms with van der Waals surface area (Å²) in [6.45, 7) is 1.89. The number of ether oxygens (including phenoxy) is 1. The highest BCUT2D eigenvalue weighted by atomic mass is 79.9. The largest absolute Gasteiger partial charge is 0.494 e. The summed E-state index contributed by atoms with van der Waals surface area (Å²) >= 11 is 9.06. The zero-order valence-corrected chi connectivity index (χ0v) is 10.3. The highest BCUT2D eigenvalue weighted by Gasteiger charge is 2.14. The van der Waals surface area contributed by atoms with E-state index in [4.69, 9.17) is 16.3 Å². The molecule has 0 spiro atoms. The van der Waals surface area contributed by atoms with Crippen LogP contribution in [0.5, 0.6) is 5.75 Å². The Kier molecular flexibility index (Phi) is 3.96. The number of Topliss-reactive ketones (excluding diaryl/α,β-unsaturated/α-hetero) is 1. The first-order valence-electron chi connectivity index (χ1n) is 4.03. The zero-order chi connectivity index (χ0) is 10.7. The average molecular weight is 278 g/mol. The first kappa shape index (κ1) is 11.5. The number of benzene rings is 1. The van der Waals surface area contributed by atoms with Gasteiger partial charge in [-0.1, -0.05) is 27.5 Å². The van der Waals surface area contributed by atoms with Gasteiger partial charge in [0.1, 0.15) is 5.75 Å². The minimum Gasteiger partial charge on any atom is -0.494 e. The minimum atomic E-state index is -0.0348. The first-order chi connectivity index (χ1) is 6.60. The van der Waals surface area contributed by atoms with Crippen molar-refractivity contribution in [1.82, 2.24) is 0 Å². The lowest BCUT2D eigenvalue weighted by atomic mass is 10.1. The second-order valence-corrected chi connectivity index (χ2v) is 3.85. The van der Waals surface area contributed by atoms with Gasteiger partial charge in [-0.2, -0.15) is 0 Å². The van der Waals surface area contributed by atoms with Gasteiger partial charge in [-0.3, -0.25) is 4.79 Å². The summed E-state index contributed by atoms with van der Waals surface area (Å²) in [6.07, 6.45) is 0. The number of aryl methyl sites for hydroxylation is 1. The molecule has 0 aliphatic carbocycles. The van der Waals surface area contributed by atoms with Gasteiger partial charge in [-0.05, 0) is 24.6 Å². The number of hydrogen-bond acceptors (Lipinski definition) is 2. The monoisotopic (exact) mass is 276 g/mol. The standard InChI is InChI=1S/C10H10BrClO2/c1-6-3-7(9(13)5-11)10(14-2)8(12)4-6/h3-4H,5H2,1-2H3. The van der Waals surface area contributed by atoms with Crippen LogP contribution in [0.15, 0.2) is 12.1 Å². The number of halogens is 2. The van der Waals surface area contributed by atoms with Gasteiger partial charge in [0.25, 0.3) is 0 Å². The van der Waals surface area contributed by atoms with Crippen molar-refractivity contribution < 1.29 is 9.53 Å². The van der Waals surface area contributed by atoms with Gasteiger partial charge in [0, 0.05) is 0 Å². The number of carbonyl (C=O) groups excluding carboxylic acids is 1. The van der Waals surface area contributed by atoms with Gasteiger partial charge in [-0.25, -0.2) is 0 Å². The fourth-order valence-corrected chi connectivity index (χ4v) is 1.87. The van der Waals surface area contributed by atoms with E-state index in [1.54, 1.807) is 12.1 Å². The lowest BCUT2D eigenvalue weighted by Crippen LogP contribution is -2.04. The van der Waals surface area contributed by atoms with Gasteiger partial charge in [0.15, 0.2) is 5.78 Å². The van der Waals surface area contributed by atoms with Gasteiger partial charge < -0.3 is 4.74 Å². The van der Waals surface area contributed by atoms with Gasteiger partial charge in [0.05, 0.1) is 23.0 Å². The molecule has 0 aliphatic heterocycles. The molecule has 1 aromatic rings. The fraction of sp³-hybridized carbons (Fsp3) is 0.300. The molecule has 76 valence electrons. The maximum Gasteiger partial charge on any atom is 0.177 e. The average Bonchev–Trinajstić information content (AvgIpc) is 2.15. The Hall–Kier alpha value is -0.540. The molecular formula is C10H10BrClO2. The summed E-state index contributed by atoms with van der Waals surface area (Å²) in [6, 6.07) is 3.54. The maximum absolute atomic E-state index is 11.5. The summed E-state index contributed by atoms with van der Waals surface area (Å²) in [5.74, 6) is 0.411. The Balaban J connectivity index is 3.32. The van der Waals surface area contributed by atoms with Crippen LogP contribution in [-0.2, 0) is 0 Å².